The van der Waals surface area contributed by atoms with Gasteiger partial charge >= 0.3 is 11.9 Å². The van der Waals surface area contributed by atoms with Crippen LogP contribution in [0.1, 0.15) is 37.8 Å². The van der Waals surface area contributed by atoms with Crippen molar-refractivity contribution in [2.75, 3.05) is 19.8 Å². The van der Waals surface area contributed by atoms with Crippen LogP contribution >= 0.6 is 0 Å². The summed E-state index contributed by atoms with van der Waals surface area (Å²) in [6, 6.07) is 3.46. The van der Waals surface area contributed by atoms with E-state index in [1.165, 1.54) is 12.5 Å². The monoisotopic (exact) mass is 330 g/mol. The van der Waals surface area contributed by atoms with Crippen molar-refractivity contribution in [3.8, 4) is 0 Å². The standard InChI is InChI=1S/C18H18O6/c1-3-21-8-11-7-15-14-6-5-13(11)16(15)18(20)24-12(9-22-4-2)10-23-17(14)19/h3-6,11-12H,1-2,7-10H2. The highest BCUT2D eigenvalue weighted by molar-refractivity contribution is 6.01. The lowest BCUT2D eigenvalue weighted by atomic mass is 10.0. The molecule has 6 nitrogen and oxygen atoms in total. The van der Waals surface area contributed by atoms with Crippen molar-refractivity contribution in [1.82, 2.24) is 0 Å². The molecule has 2 aliphatic rings. The van der Waals surface area contributed by atoms with E-state index in [9.17, 15) is 9.59 Å². The Morgan fingerprint density at radius 2 is 1.88 bits per heavy atom. The van der Waals surface area contributed by atoms with Crippen LogP contribution in [0.3, 0.4) is 0 Å². The first kappa shape index (κ1) is 16.1. The molecule has 0 fully saturated rings. The van der Waals surface area contributed by atoms with Gasteiger partial charge in [-0.3, -0.25) is 0 Å². The van der Waals surface area contributed by atoms with Gasteiger partial charge in [0.2, 0.25) is 0 Å². The number of hydrogen-bond donors (Lipinski definition) is 0. The van der Waals surface area contributed by atoms with Crippen molar-refractivity contribution in [3.05, 3.63) is 60.1 Å². The van der Waals surface area contributed by atoms with Crippen molar-refractivity contribution >= 4 is 11.9 Å². The molecule has 3 rings (SSSR count). The van der Waals surface area contributed by atoms with E-state index in [0.717, 1.165) is 5.56 Å². The van der Waals surface area contributed by atoms with Crippen LogP contribution in [0.4, 0.5) is 0 Å². The van der Waals surface area contributed by atoms with E-state index in [1.807, 2.05) is 0 Å². The Morgan fingerprint density at radius 1 is 1.12 bits per heavy atom. The Balaban J connectivity index is 1.95. The number of esters is 2. The lowest BCUT2D eigenvalue weighted by Crippen LogP contribution is -2.28. The molecule has 24 heavy (non-hydrogen) atoms. The molecule has 1 heterocycles. The summed E-state index contributed by atoms with van der Waals surface area (Å²) >= 11 is 0. The molecule has 4 bridgehead atoms. The fourth-order valence-corrected chi connectivity index (χ4v) is 3.09. The second-order valence-electron chi connectivity index (χ2n) is 5.58. The van der Waals surface area contributed by atoms with Gasteiger partial charge in [-0.15, -0.1) is 0 Å². The number of cyclic esters (lactones) is 2. The third kappa shape index (κ3) is 2.87. The normalized spacial score (nSPS) is 21.7. The van der Waals surface area contributed by atoms with E-state index in [0.29, 0.717) is 29.7 Å². The van der Waals surface area contributed by atoms with Crippen molar-refractivity contribution in [3.63, 3.8) is 0 Å². The first-order valence-corrected chi connectivity index (χ1v) is 7.64. The molecule has 0 N–H and O–H groups in total. The molecule has 2 unspecified atom stereocenters. The van der Waals surface area contributed by atoms with E-state index >= 15 is 0 Å². The van der Waals surface area contributed by atoms with Gasteiger partial charge in [0.1, 0.15) is 13.2 Å². The number of benzene rings is 1. The summed E-state index contributed by atoms with van der Waals surface area (Å²) in [5.41, 5.74) is 2.31. The first-order valence-electron chi connectivity index (χ1n) is 7.64. The SMILES string of the molecule is C=COCC1COC(=O)c2ccc3c(c2CC3COC=C)C(=O)O1. The van der Waals surface area contributed by atoms with Crippen LogP contribution in [0, 0.1) is 0 Å². The van der Waals surface area contributed by atoms with Gasteiger partial charge in [-0.1, -0.05) is 19.2 Å². The number of rotatable bonds is 6. The maximum atomic E-state index is 12.6. The Morgan fingerprint density at radius 3 is 2.62 bits per heavy atom. The largest absolute Gasteiger partial charge is 0.501 e. The third-order valence-corrected chi connectivity index (χ3v) is 4.15. The van der Waals surface area contributed by atoms with Gasteiger partial charge in [0.25, 0.3) is 0 Å². The van der Waals surface area contributed by atoms with Crippen LogP contribution in [-0.2, 0) is 25.4 Å². The highest BCUT2D eigenvalue weighted by Gasteiger charge is 2.37. The average molecular weight is 330 g/mol. The van der Waals surface area contributed by atoms with Crippen molar-refractivity contribution < 1.29 is 28.5 Å². The highest BCUT2D eigenvalue weighted by Crippen LogP contribution is 2.38. The number of carbonyl (C=O) groups excluding carboxylic acids is 2. The van der Waals surface area contributed by atoms with E-state index in [4.69, 9.17) is 18.9 Å². The summed E-state index contributed by atoms with van der Waals surface area (Å²) < 4.78 is 21.1. The molecule has 2 atom stereocenters. The minimum Gasteiger partial charge on any atom is -0.501 e. The quantitative estimate of drug-likeness (QED) is 0.589. The smallest absolute Gasteiger partial charge is 0.339 e. The van der Waals surface area contributed by atoms with E-state index in [1.54, 1.807) is 12.1 Å². The molecule has 6 heteroatoms. The predicted octanol–water partition coefficient (Wildman–Crippen LogP) is 2.34. The first-order chi connectivity index (χ1) is 11.7. The molecule has 1 aliphatic carbocycles. The molecule has 0 saturated carbocycles. The van der Waals surface area contributed by atoms with Crippen LogP contribution < -0.4 is 0 Å². The summed E-state index contributed by atoms with van der Waals surface area (Å²) in [6.45, 7) is 7.37. The zero-order valence-electron chi connectivity index (χ0n) is 13.2. The Labute approximate surface area is 139 Å². The summed E-state index contributed by atoms with van der Waals surface area (Å²) in [5.74, 6) is -0.965. The Kier molecular flexibility index (Phi) is 4.55. The minimum atomic E-state index is -0.685. The van der Waals surface area contributed by atoms with Crippen LogP contribution in [0.5, 0.6) is 0 Å². The summed E-state index contributed by atoms with van der Waals surface area (Å²) in [4.78, 5) is 25.0. The summed E-state index contributed by atoms with van der Waals surface area (Å²) in [6.07, 6.45) is 2.45. The third-order valence-electron chi connectivity index (χ3n) is 4.15. The van der Waals surface area contributed by atoms with Crippen molar-refractivity contribution in [2.24, 2.45) is 0 Å². The molecule has 1 aliphatic heterocycles. The molecule has 0 spiro atoms. The van der Waals surface area contributed by atoms with Gasteiger partial charge in [0.15, 0.2) is 6.10 Å². The van der Waals surface area contributed by atoms with E-state index < -0.39 is 18.0 Å². The number of ether oxygens (including phenoxy) is 4. The number of hydrogen-bond acceptors (Lipinski definition) is 6. The topological polar surface area (TPSA) is 71.1 Å². The van der Waals surface area contributed by atoms with Gasteiger partial charge in [-0.25, -0.2) is 9.59 Å². The van der Waals surface area contributed by atoms with Gasteiger partial charge in [0, 0.05) is 5.92 Å². The number of carbonyl (C=O) groups is 2. The van der Waals surface area contributed by atoms with Gasteiger partial charge in [-0.05, 0) is 23.6 Å². The zero-order chi connectivity index (χ0) is 17.1. The summed E-state index contributed by atoms with van der Waals surface area (Å²) in [5, 5.41) is 0. The van der Waals surface area contributed by atoms with Crippen LogP contribution in [-0.4, -0.2) is 37.9 Å². The van der Waals surface area contributed by atoms with Crippen LogP contribution in [0.25, 0.3) is 0 Å². The van der Waals surface area contributed by atoms with Crippen LogP contribution in [0.2, 0.25) is 0 Å². The average Bonchev–Trinajstić information content (AvgIpc) is 2.84. The lowest BCUT2D eigenvalue weighted by Gasteiger charge is -2.16. The molecule has 126 valence electrons. The molecule has 0 amide bonds. The van der Waals surface area contributed by atoms with Crippen molar-refractivity contribution in [2.45, 2.75) is 18.4 Å². The maximum Gasteiger partial charge on any atom is 0.339 e. The van der Waals surface area contributed by atoms with Gasteiger partial charge < -0.3 is 18.9 Å². The molecular weight excluding hydrogens is 312 g/mol. The molecule has 0 saturated heterocycles. The summed E-state index contributed by atoms with van der Waals surface area (Å²) in [7, 11) is 0. The van der Waals surface area contributed by atoms with E-state index in [-0.39, 0.29) is 19.1 Å². The van der Waals surface area contributed by atoms with Crippen molar-refractivity contribution in [1.29, 1.82) is 0 Å². The molecule has 1 aromatic carbocycles. The zero-order valence-corrected chi connectivity index (χ0v) is 13.2. The van der Waals surface area contributed by atoms with Crippen LogP contribution in [0.15, 0.2) is 37.8 Å². The Bertz CT molecular complexity index is 693. The fourth-order valence-electron chi connectivity index (χ4n) is 3.09. The predicted molar refractivity (Wildman–Crippen MR) is 84.7 cm³/mol. The second kappa shape index (κ2) is 6.78. The second-order valence-corrected chi connectivity index (χ2v) is 5.58. The van der Waals surface area contributed by atoms with E-state index in [2.05, 4.69) is 13.2 Å². The Hall–Kier alpha value is -2.76. The maximum absolute atomic E-state index is 12.6. The molecule has 1 aromatic rings. The molecular formula is C18H18O6. The molecule has 0 radical (unpaired) electrons. The highest BCUT2D eigenvalue weighted by atomic mass is 16.6. The minimum absolute atomic E-state index is 0.0237. The lowest BCUT2D eigenvalue weighted by molar-refractivity contribution is -0.0182. The molecule has 0 aromatic heterocycles. The van der Waals surface area contributed by atoms with Gasteiger partial charge in [-0.2, -0.15) is 0 Å². The fraction of sp³-hybridized carbons (Fsp3) is 0.333. The van der Waals surface area contributed by atoms with Gasteiger partial charge in [0.05, 0.1) is 30.3 Å².